The first-order chi connectivity index (χ1) is 12.5. The molecule has 0 saturated carbocycles. The minimum atomic E-state index is -3.54. The van der Waals surface area contributed by atoms with Gasteiger partial charge in [0.2, 0.25) is 10.0 Å². The zero-order chi connectivity index (χ0) is 18.6. The molecule has 1 aliphatic heterocycles. The van der Waals surface area contributed by atoms with E-state index < -0.39 is 10.0 Å². The second-order valence-electron chi connectivity index (χ2n) is 6.66. The Hall–Kier alpha value is -2.18. The molecule has 26 heavy (non-hydrogen) atoms. The lowest BCUT2D eigenvalue weighted by molar-refractivity contribution is 0.0950. The van der Waals surface area contributed by atoms with Crippen molar-refractivity contribution in [2.45, 2.75) is 37.6 Å². The van der Waals surface area contributed by atoms with E-state index in [-0.39, 0.29) is 10.8 Å². The van der Waals surface area contributed by atoms with Crippen LogP contribution in [0.1, 0.15) is 40.7 Å². The number of rotatable bonds is 5. The van der Waals surface area contributed by atoms with Crippen LogP contribution in [-0.2, 0) is 16.6 Å². The fourth-order valence-electron chi connectivity index (χ4n) is 3.16. The predicted octanol–water partition coefficient (Wildman–Crippen LogP) is 3.10. The molecule has 2 aromatic carbocycles. The molecule has 1 amide bonds. The predicted molar refractivity (Wildman–Crippen MR) is 101 cm³/mol. The first-order valence-corrected chi connectivity index (χ1v) is 10.3. The van der Waals surface area contributed by atoms with Gasteiger partial charge in [0, 0.05) is 25.2 Å². The van der Waals surface area contributed by atoms with Crippen LogP contribution in [0, 0.1) is 6.92 Å². The van der Waals surface area contributed by atoms with Crippen molar-refractivity contribution in [3.63, 3.8) is 0 Å². The molecule has 5 nitrogen and oxygen atoms in total. The number of aryl methyl sites for hydroxylation is 1. The van der Waals surface area contributed by atoms with Crippen molar-refractivity contribution < 1.29 is 13.2 Å². The van der Waals surface area contributed by atoms with Crippen molar-refractivity contribution >= 4 is 15.9 Å². The number of carbonyl (C=O) groups is 1. The highest BCUT2D eigenvalue weighted by Crippen LogP contribution is 2.21. The largest absolute Gasteiger partial charge is 0.348 e. The van der Waals surface area contributed by atoms with Gasteiger partial charge in [-0.3, -0.25) is 4.79 Å². The molecular formula is C20H24N2O3S. The molecule has 0 atom stereocenters. The summed E-state index contributed by atoms with van der Waals surface area (Å²) in [7, 11) is -3.54. The van der Waals surface area contributed by atoms with Gasteiger partial charge in [0.25, 0.3) is 5.91 Å². The highest BCUT2D eigenvalue weighted by Gasteiger charge is 2.26. The molecule has 1 aliphatic rings. The molecule has 1 fully saturated rings. The quantitative estimate of drug-likeness (QED) is 0.877. The lowest BCUT2D eigenvalue weighted by atomic mass is 10.1. The van der Waals surface area contributed by atoms with E-state index in [2.05, 4.69) is 5.32 Å². The number of nitrogens with one attached hydrogen (secondary N) is 1. The van der Waals surface area contributed by atoms with E-state index in [1.807, 2.05) is 31.2 Å². The van der Waals surface area contributed by atoms with Crippen LogP contribution in [0.4, 0.5) is 0 Å². The SMILES string of the molecule is Cc1cccc(CNC(=O)c2cccc(S(=O)(=O)N3CCCCC3)c2)c1. The number of benzene rings is 2. The zero-order valence-electron chi connectivity index (χ0n) is 14.9. The van der Waals surface area contributed by atoms with Gasteiger partial charge < -0.3 is 5.32 Å². The molecule has 0 aliphatic carbocycles. The Bertz CT molecular complexity index is 887. The van der Waals surface area contributed by atoms with Crippen molar-refractivity contribution in [3.05, 3.63) is 65.2 Å². The molecule has 0 bridgehead atoms. The third-order valence-electron chi connectivity index (χ3n) is 4.58. The van der Waals surface area contributed by atoms with Crippen LogP contribution in [-0.4, -0.2) is 31.7 Å². The van der Waals surface area contributed by atoms with Crippen molar-refractivity contribution in [2.75, 3.05) is 13.1 Å². The van der Waals surface area contributed by atoms with E-state index in [9.17, 15) is 13.2 Å². The summed E-state index contributed by atoms with van der Waals surface area (Å²) in [4.78, 5) is 12.6. The van der Waals surface area contributed by atoms with Gasteiger partial charge in [-0.2, -0.15) is 4.31 Å². The molecule has 0 aromatic heterocycles. The third-order valence-corrected chi connectivity index (χ3v) is 6.48. The van der Waals surface area contributed by atoms with Crippen LogP contribution in [0.2, 0.25) is 0 Å². The fraction of sp³-hybridized carbons (Fsp3) is 0.350. The number of carbonyl (C=O) groups excluding carboxylic acids is 1. The number of amides is 1. The molecule has 1 saturated heterocycles. The zero-order valence-corrected chi connectivity index (χ0v) is 15.8. The van der Waals surface area contributed by atoms with Crippen LogP contribution >= 0.6 is 0 Å². The van der Waals surface area contributed by atoms with Crippen molar-refractivity contribution in [1.82, 2.24) is 9.62 Å². The fourth-order valence-corrected chi connectivity index (χ4v) is 4.72. The molecule has 2 aromatic rings. The van der Waals surface area contributed by atoms with E-state index in [4.69, 9.17) is 0 Å². The Morgan fingerprint density at radius 3 is 2.50 bits per heavy atom. The minimum Gasteiger partial charge on any atom is -0.348 e. The van der Waals surface area contributed by atoms with Gasteiger partial charge in [0.1, 0.15) is 0 Å². The summed E-state index contributed by atoms with van der Waals surface area (Å²) >= 11 is 0. The molecular weight excluding hydrogens is 348 g/mol. The number of hydrogen-bond acceptors (Lipinski definition) is 3. The molecule has 0 spiro atoms. The second-order valence-corrected chi connectivity index (χ2v) is 8.60. The standard InChI is InChI=1S/C20H24N2O3S/c1-16-7-5-8-17(13-16)15-21-20(23)18-9-6-10-19(14-18)26(24,25)22-11-3-2-4-12-22/h5-10,13-14H,2-4,11-12,15H2,1H3,(H,21,23). The van der Waals surface area contributed by atoms with Crippen LogP contribution in [0.5, 0.6) is 0 Å². The van der Waals surface area contributed by atoms with Crippen LogP contribution in [0.25, 0.3) is 0 Å². The summed E-state index contributed by atoms with van der Waals surface area (Å²) in [5.41, 5.74) is 2.50. The van der Waals surface area contributed by atoms with Crippen molar-refractivity contribution in [1.29, 1.82) is 0 Å². The van der Waals surface area contributed by atoms with Gasteiger partial charge in [0.15, 0.2) is 0 Å². The summed E-state index contributed by atoms with van der Waals surface area (Å²) in [6, 6.07) is 14.2. The average molecular weight is 372 g/mol. The lowest BCUT2D eigenvalue weighted by Crippen LogP contribution is -2.35. The van der Waals surface area contributed by atoms with Gasteiger partial charge in [-0.1, -0.05) is 42.3 Å². The monoisotopic (exact) mass is 372 g/mol. The highest BCUT2D eigenvalue weighted by molar-refractivity contribution is 7.89. The minimum absolute atomic E-state index is 0.183. The topological polar surface area (TPSA) is 66.5 Å². The summed E-state index contributed by atoms with van der Waals surface area (Å²) < 4.78 is 27.1. The lowest BCUT2D eigenvalue weighted by Gasteiger charge is -2.26. The van der Waals surface area contributed by atoms with Crippen molar-refractivity contribution in [3.8, 4) is 0 Å². The maximum Gasteiger partial charge on any atom is 0.251 e. The van der Waals surface area contributed by atoms with Gasteiger partial charge in [-0.25, -0.2) is 8.42 Å². The first-order valence-electron chi connectivity index (χ1n) is 8.91. The Labute approximate surface area is 155 Å². The van der Waals surface area contributed by atoms with Crippen LogP contribution < -0.4 is 5.32 Å². The normalized spacial score (nSPS) is 15.6. The highest BCUT2D eigenvalue weighted by atomic mass is 32.2. The molecule has 6 heteroatoms. The Morgan fingerprint density at radius 1 is 1.04 bits per heavy atom. The van der Waals surface area contributed by atoms with E-state index in [0.717, 1.165) is 30.4 Å². The van der Waals surface area contributed by atoms with E-state index in [1.165, 1.54) is 10.4 Å². The van der Waals surface area contributed by atoms with E-state index >= 15 is 0 Å². The number of piperidine rings is 1. The Kier molecular flexibility index (Phi) is 5.74. The summed E-state index contributed by atoms with van der Waals surface area (Å²) in [6.07, 6.45) is 2.83. The van der Waals surface area contributed by atoms with Gasteiger partial charge in [0.05, 0.1) is 4.90 Å². The maximum absolute atomic E-state index is 12.8. The van der Waals surface area contributed by atoms with Gasteiger partial charge >= 0.3 is 0 Å². The molecule has 138 valence electrons. The average Bonchev–Trinajstić information content (AvgIpc) is 2.67. The molecule has 0 radical (unpaired) electrons. The van der Waals surface area contributed by atoms with Gasteiger partial charge in [-0.15, -0.1) is 0 Å². The molecule has 1 heterocycles. The third kappa shape index (κ3) is 4.31. The van der Waals surface area contributed by atoms with E-state index in [0.29, 0.717) is 25.2 Å². The van der Waals surface area contributed by atoms with Crippen LogP contribution in [0.15, 0.2) is 53.4 Å². The number of sulfonamides is 1. The van der Waals surface area contributed by atoms with Crippen molar-refractivity contribution in [2.24, 2.45) is 0 Å². The molecule has 3 rings (SSSR count). The summed E-state index contributed by atoms with van der Waals surface area (Å²) in [5.74, 6) is -0.276. The summed E-state index contributed by atoms with van der Waals surface area (Å²) in [6.45, 7) is 3.50. The second kappa shape index (κ2) is 8.01. The Morgan fingerprint density at radius 2 is 1.77 bits per heavy atom. The number of hydrogen-bond donors (Lipinski definition) is 1. The summed E-state index contributed by atoms with van der Waals surface area (Å²) in [5, 5.41) is 2.85. The first kappa shape index (κ1) is 18.6. The van der Waals surface area contributed by atoms with Crippen LogP contribution in [0.3, 0.4) is 0 Å². The van der Waals surface area contributed by atoms with E-state index in [1.54, 1.807) is 18.2 Å². The number of nitrogens with zero attached hydrogens (tertiary/aromatic N) is 1. The maximum atomic E-state index is 12.8. The Balaban J connectivity index is 1.73. The van der Waals surface area contributed by atoms with Gasteiger partial charge in [-0.05, 0) is 43.5 Å². The molecule has 1 N–H and O–H groups in total. The molecule has 0 unspecified atom stereocenters. The smallest absolute Gasteiger partial charge is 0.251 e.